The Balaban J connectivity index is 2.67. The van der Waals surface area contributed by atoms with E-state index in [1.54, 1.807) is 0 Å². The number of hydrogen-bond acceptors (Lipinski definition) is 3. The quantitative estimate of drug-likeness (QED) is 0.753. The van der Waals surface area contributed by atoms with E-state index >= 15 is 0 Å². The van der Waals surface area contributed by atoms with Gasteiger partial charge < -0.3 is 16.2 Å². The molecule has 17 heavy (non-hydrogen) atoms. The average Bonchev–Trinajstić information content (AvgIpc) is 2.28. The molecule has 4 nitrogen and oxygen atoms in total. The maximum absolute atomic E-state index is 13.3. The van der Waals surface area contributed by atoms with Crippen molar-refractivity contribution in [1.82, 2.24) is 5.32 Å². The smallest absolute Gasteiger partial charge is 0.254 e. The fourth-order valence-corrected chi connectivity index (χ4v) is 1.32. The topological polar surface area (TPSA) is 75.3 Å². The molecule has 0 heterocycles. The first-order valence-corrected chi connectivity index (χ1v) is 5.46. The van der Waals surface area contributed by atoms with Crippen molar-refractivity contribution >= 4 is 17.5 Å². The van der Waals surface area contributed by atoms with Gasteiger partial charge in [0.15, 0.2) is 0 Å². The molecule has 0 aliphatic rings. The lowest BCUT2D eigenvalue weighted by atomic mass is 10.1. The van der Waals surface area contributed by atoms with Crippen LogP contribution < -0.4 is 11.1 Å². The van der Waals surface area contributed by atoms with Crippen molar-refractivity contribution in [3.8, 4) is 0 Å². The second-order valence-electron chi connectivity index (χ2n) is 3.74. The number of hydrogen-bond donors (Lipinski definition) is 3. The van der Waals surface area contributed by atoms with Gasteiger partial charge in [-0.1, -0.05) is 11.6 Å². The lowest BCUT2D eigenvalue weighted by Crippen LogP contribution is -2.43. The van der Waals surface area contributed by atoms with Crippen LogP contribution in [-0.2, 0) is 0 Å². The molecule has 1 rings (SSSR count). The monoisotopic (exact) mass is 260 g/mol. The van der Waals surface area contributed by atoms with Gasteiger partial charge in [-0.05, 0) is 25.1 Å². The fourth-order valence-electron chi connectivity index (χ4n) is 1.15. The third-order valence-corrected chi connectivity index (χ3v) is 2.53. The van der Waals surface area contributed by atoms with Crippen LogP contribution in [0.4, 0.5) is 4.39 Å². The highest BCUT2D eigenvalue weighted by molar-refractivity contribution is 6.30. The second kappa shape index (κ2) is 5.95. The molecule has 0 spiro atoms. The van der Waals surface area contributed by atoms with Gasteiger partial charge in [-0.15, -0.1) is 0 Å². The highest BCUT2D eigenvalue weighted by Gasteiger charge is 2.15. The summed E-state index contributed by atoms with van der Waals surface area (Å²) in [4.78, 5) is 11.6. The molecule has 2 unspecified atom stereocenters. The summed E-state index contributed by atoms with van der Waals surface area (Å²) >= 11 is 5.66. The number of aliphatic hydroxyl groups excluding tert-OH is 1. The molecule has 94 valence electrons. The Morgan fingerprint density at radius 1 is 1.65 bits per heavy atom. The van der Waals surface area contributed by atoms with Gasteiger partial charge in [-0.2, -0.15) is 0 Å². The van der Waals surface area contributed by atoms with Crippen molar-refractivity contribution in [2.24, 2.45) is 5.73 Å². The maximum atomic E-state index is 13.3. The molecular formula is C11H14ClFN2O2. The predicted molar refractivity (Wildman–Crippen MR) is 63.4 cm³/mol. The first kappa shape index (κ1) is 13.9. The Morgan fingerprint density at radius 3 is 2.88 bits per heavy atom. The molecule has 1 aromatic carbocycles. The zero-order valence-electron chi connectivity index (χ0n) is 9.28. The molecule has 1 amide bonds. The normalized spacial score (nSPS) is 14.2. The van der Waals surface area contributed by atoms with Gasteiger partial charge in [0.1, 0.15) is 5.82 Å². The van der Waals surface area contributed by atoms with E-state index in [2.05, 4.69) is 5.32 Å². The standard InChI is InChI=1S/C11H14ClFN2O2/c1-6(16)10(14)5-15-11(17)8-4-7(12)2-3-9(8)13/h2-4,6,10,16H,5,14H2,1H3,(H,15,17). The largest absolute Gasteiger partial charge is 0.392 e. The van der Waals surface area contributed by atoms with Gasteiger partial charge in [0.2, 0.25) is 0 Å². The number of carbonyl (C=O) groups excluding carboxylic acids is 1. The number of carbonyl (C=O) groups is 1. The van der Waals surface area contributed by atoms with Crippen LogP contribution in [0.5, 0.6) is 0 Å². The number of halogens is 2. The van der Waals surface area contributed by atoms with Crippen molar-refractivity contribution in [1.29, 1.82) is 0 Å². The summed E-state index contributed by atoms with van der Waals surface area (Å²) in [6, 6.07) is 3.11. The van der Waals surface area contributed by atoms with Gasteiger partial charge in [-0.3, -0.25) is 4.79 Å². The van der Waals surface area contributed by atoms with Crippen LogP contribution in [0.1, 0.15) is 17.3 Å². The zero-order valence-corrected chi connectivity index (χ0v) is 10.0. The summed E-state index contributed by atoms with van der Waals surface area (Å²) in [5.74, 6) is -1.27. The molecule has 0 saturated carbocycles. The van der Waals surface area contributed by atoms with Crippen LogP contribution >= 0.6 is 11.6 Å². The maximum Gasteiger partial charge on any atom is 0.254 e. The van der Waals surface area contributed by atoms with Crippen molar-refractivity contribution in [2.75, 3.05) is 6.54 Å². The number of nitrogens with one attached hydrogen (secondary N) is 1. The number of rotatable bonds is 4. The molecule has 6 heteroatoms. The molecule has 0 saturated heterocycles. The summed E-state index contributed by atoms with van der Waals surface area (Å²) in [5.41, 5.74) is 5.38. The number of amides is 1. The molecule has 0 aliphatic heterocycles. The molecule has 0 aromatic heterocycles. The Labute approximate surface area is 104 Å². The molecule has 4 N–H and O–H groups in total. The number of aliphatic hydroxyl groups is 1. The molecule has 0 bridgehead atoms. The molecule has 0 fully saturated rings. The van der Waals surface area contributed by atoms with Crippen molar-refractivity contribution < 1.29 is 14.3 Å². The van der Waals surface area contributed by atoms with Gasteiger partial charge >= 0.3 is 0 Å². The number of nitrogens with two attached hydrogens (primary N) is 1. The van der Waals surface area contributed by atoms with E-state index in [9.17, 15) is 9.18 Å². The van der Waals surface area contributed by atoms with E-state index in [0.29, 0.717) is 0 Å². The van der Waals surface area contributed by atoms with Crippen molar-refractivity contribution in [2.45, 2.75) is 19.1 Å². The number of benzene rings is 1. The first-order valence-electron chi connectivity index (χ1n) is 5.08. The van der Waals surface area contributed by atoms with Crippen LogP contribution in [0, 0.1) is 5.82 Å². The van der Waals surface area contributed by atoms with Crippen LogP contribution in [0.3, 0.4) is 0 Å². The van der Waals surface area contributed by atoms with E-state index in [-0.39, 0.29) is 17.1 Å². The highest BCUT2D eigenvalue weighted by Crippen LogP contribution is 2.14. The predicted octanol–water partition coefficient (Wildman–Crippen LogP) is 0.917. The molecular weight excluding hydrogens is 247 g/mol. The minimum Gasteiger partial charge on any atom is -0.392 e. The van der Waals surface area contributed by atoms with Crippen molar-refractivity contribution in [3.05, 3.63) is 34.6 Å². The minimum absolute atomic E-state index is 0.0580. The van der Waals surface area contributed by atoms with E-state index in [1.165, 1.54) is 19.1 Å². The summed E-state index contributed by atoms with van der Waals surface area (Å²) < 4.78 is 13.3. The van der Waals surface area contributed by atoms with Crippen LogP contribution in [-0.4, -0.2) is 29.7 Å². The third kappa shape index (κ3) is 3.96. The van der Waals surface area contributed by atoms with Crippen molar-refractivity contribution in [3.63, 3.8) is 0 Å². The van der Waals surface area contributed by atoms with E-state index in [0.717, 1.165) is 6.07 Å². The summed E-state index contributed by atoms with van der Waals surface area (Å²) in [6.45, 7) is 1.57. The highest BCUT2D eigenvalue weighted by atomic mass is 35.5. The summed E-state index contributed by atoms with van der Waals surface area (Å²) in [6.07, 6.45) is -0.750. The zero-order chi connectivity index (χ0) is 13.0. The molecule has 0 radical (unpaired) electrons. The molecule has 1 aromatic rings. The van der Waals surface area contributed by atoms with Crippen LogP contribution in [0.25, 0.3) is 0 Å². The van der Waals surface area contributed by atoms with E-state index in [4.69, 9.17) is 22.4 Å². The van der Waals surface area contributed by atoms with Gasteiger partial charge in [0.05, 0.1) is 11.7 Å². The average molecular weight is 261 g/mol. The molecule has 0 aliphatic carbocycles. The Morgan fingerprint density at radius 2 is 2.29 bits per heavy atom. The summed E-state index contributed by atoms with van der Waals surface area (Å²) in [5, 5.41) is 11.8. The lowest BCUT2D eigenvalue weighted by molar-refractivity contribution is 0.0933. The Bertz CT molecular complexity index is 412. The third-order valence-electron chi connectivity index (χ3n) is 2.29. The minimum atomic E-state index is -0.750. The van der Waals surface area contributed by atoms with Gasteiger partial charge in [0, 0.05) is 17.6 Å². The molecule has 2 atom stereocenters. The SMILES string of the molecule is CC(O)C(N)CNC(=O)c1cc(Cl)ccc1F. The Kier molecular flexibility index (Phi) is 4.86. The van der Waals surface area contributed by atoms with Crippen LogP contribution in [0.2, 0.25) is 5.02 Å². The second-order valence-corrected chi connectivity index (χ2v) is 4.18. The van der Waals surface area contributed by atoms with Gasteiger partial charge in [-0.25, -0.2) is 4.39 Å². The summed E-state index contributed by atoms with van der Waals surface area (Å²) in [7, 11) is 0. The van der Waals surface area contributed by atoms with E-state index in [1.807, 2.05) is 0 Å². The first-order chi connectivity index (χ1) is 7.91. The van der Waals surface area contributed by atoms with Gasteiger partial charge in [0.25, 0.3) is 5.91 Å². The fraction of sp³-hybridized carbons (Fsp3) is 0.364. The van der Waals surface area contributed by atoms with Crippen LogP contribution in [0.15, 0.2) is 18.2 Å². The van der Waals surface area contributed by atoms with E-state index < -0.39 is 23.9 Å². The lowest BCUT2D eigenvalue weighted by Gasteiger charge is -2.15. The Hall–Kier alpha value is -1.17.